The second kappa shape index (κ2) is 7.49. The Hall–Kier alpha value is -0.0400. The van der Waals surface area contributed by atoms with E-state index >= 15 is 0 Å². The fraction of sp³-hybridized carbons (Fsp3) is 0.538. The standard InChI is InChI=1S/C13H18Cl2N2O2S.ClH/c1-9-3-2-6-17(12(9)8-16)20(18,19)13-7-10(14)4-5-11(13)15;/h4-5,7,9,12H,2-3,6,8,16H2,1H3;1H. The molecule has 1 aromatic carbocycles. The van der Waals surface area contributed by atoms with Crippen LogP contribution >= 0.6 is 35.6 Å². The van der Waals surface area contributed by atoms with E-state index in [0.29, 0.717) is 18.1 Å². The Balaban J connectivity index is 0.00000220. The van der Waals surface area contributed by atoms with Crippen molar-refractivity contribution in [2.75, 3.05) is 13.1 Å². The van der Waals surface area contributed by atoms with Crippen LogP contribution < -0.4 is 5.73 Å². The number of nitrogens with two attached hydrogens (primary N) is 1. The van der Waals surface area contributed by atoms with Crippen molar-refractivity contribution in [2.24, 2.45) is 11.7 Å². The second-order valence-electron chi connectivity index (χ2n) is 5.11. The molecule has 0 aromatic heterocycles. The Morgan fingerprint density at radius 2 is 2.05 bits per heavy atom. The third kappa shape index (κ3) is 3.84. The van der Waals surface area contributed by atoms with Gasteiger partial charge in [-0.15, -0.1) is 12.4 Å². The summed E-state index contributed by atoms with van der Waals surface area (Å²) in [6.07, 6.45) is 1.81. The van der Waals surface area contributed by atoms with Gasteiger partial charge >= 0.3 is 0 Å². The van der Waals surface area contributed by atoms with Crippen molar-refractivity contribution in [3.63, 3.8) is 0 Å². The number of rotatable bonds is 3. The van der Waals surface area contributed by atoms with E-state index in [1.807, 2.05) is 6.92 Å². The third-order valence-electron chi connectivity index (χ3n) is 3.79. The molecule has 1 aliphatic heterocycles. The van der Waals surface area contributed by atoms with Crippen LogP contribution in [0, 0.1) is 5.92 Å². The van der Waals surface area contributed by atoms with Crippen molar-refractivity contribution < 1.29 is 8.42 Å². The van der Waals surface area contributed by atoms with Gasteiger partial charge in [-0.25, -0.2) is 8.42 Å². The number of nitrogens with zero attached hydrogens (tertiary/aromatic N) is 1. The Morgan fingerprint density at radius 1 is 1.38 bits per heavy atom. The first-order valence-corrected chi connectivity index (χ1v) is 8.74. The predicted octanol–water partition coefficient (Wildman–Crippen LogP) is 3.16. The highest BCUT2D eigenvalue weighted by Gasteiger charge is 2.37. The summed E-state index contributed by atoms with van der Waals surface area (Å²) >= 11 is 11.9. The molecule has 2 unspecified atom stereocenters. The Morgan fingerprint density at radius 3 is 2.67 bits per heavy atom. The maximum absolute atomic E-state index is 12.8. The Labute approximate surface area is 142 Å². The van der Waals surface area contributed by atoms with Crippen molar-refractivity contribution >= 4 is 45.6 Å². The number of hydrogen-bond donors (Lipinski definition) is 1. The minimum absolute atomic E-state index is 0. The summed E-state index contributed by atoms with van der Waals surface area (Å²) in [5.41, 5.74) is 5.76. The van der Waals surface area contributed by atoms with Crippen LogP contribution in [0.25, 0.3) is 0 Å². The molecule has 1 fully saturated rings. The molecule has 8 heteroatoms. The van der Waals surface area contributed by atoms with Gasteiger partial charge in [0.05, 0.1) is 5.02 Å². The average Bonchev–Trinajstić information content (AvgIpc) is 2.41. The van der Waals surface area contributed by atoms with Gasteiger partial charge in [0.1, 0.15) is 4.90 Å². The molecule has 0 amide bonds. The molecule has 0 aliphatic carbocycles. The monoisotopic (exact) mass is 372 g/mol. The van der Waals surface area contributed by atoms with Gasteiger partial charge in [0.2, 0.25) is 10.0 Å². The largest absolute Gasteiger partial charge is 0.329 e. The summed E-state index contributed by atoms with van der Waals surface area (Å²) in [6, 6.07) is 4.28. The average molecular weight is 374 g/mol. The molecule has 21 heavy (non-hydrogen) atoms. The molecule has 2 rings (SSSR count). The highest BCUT2D eigenvalue weighted by atomic mass is 35.5. The molecule has 1 aromatic rings. The Bertz CT molecular complexity index is 595. The summed E-state index contributed by atoms with van der Waals surface area (Å²) in [7, 11) is -3.67. The lowest BCUT2D eigenvalue weighted by Gasteiger charge is -2.38. The van der Waals surface area contributed by atoms with Crippen LogP contribution in [0.2, 0.25) is 10.0 Å². The fourth-order valence-electron chi connectivity index (χ4n) is 2.66. The number of sulfonamides is 1. The van der Waals surface area contributed by atoms with Gasteiger partial charge in [-0.2, -0.15) is 4.31 Å². The van der Waals surface area contributed by atoms with Gasteiger partial charge in [0, 0.05) is 24.2 Å². The molecule has 4 nitrogen and oxygen atoms in total. The van der Waals surface area contributed by atoms with Crippen LogP contribution in [0.5, 0.6) is 0 Å². The van der Waals surface area contributed by atoms with E-state index in [-0.39, 0.29) is 34.3 Å². The van der Waals surface area contributed by atoms with Crippen LogP contribution in [0.15, 0.2) is 23.1 Å². The number of hydrogen-bond acceptors (Lipinski definition) is 3. The molecular formula is C13H19Cl3N2O2S. The van der Waals surface area contributed by atoms with Crippen molar-refractivity contribution in [3.8, 4) is 0 Å². The lowest BCUT2D eigenvalue weighted by molar-refractivity contribution is 0.192. The van der Waals surface area contributed by atoms with E-state index in [0.717, 1.165) is 12.8 Å². The summed E-state index contributed by atoms with van der Waals surface area (Å²) in [5.74, 6) is 0.237. The topological polar surface area (TPSA) is 63.4 Å². The molecule has 1 heterocycles. The Kier molecular flexibility index (Phi) is 6.78. The minimum Gasteiger partial charge on any atom is -0.329 e. The summed E-state index contributed by atoms with van der Waals surface area (Å²) < 4.78 is 27.1. The maximum Gasteiger partial charge on any atom is 0.244 e. The lowest BCUT2D eigenvalue weighted by Crippen LogP contribution is -2.51. The lowest BCUT2D eigenvalue weighted by atomic mass is 9.93. The van der Waals surface area contributed by atoms with Crippen LogP contribution in [0.3, 0.4) is 0 Å². The van der Waals surface area contributed by atoms with Crippen molar-refractivity contribution in [1.82, 2.24) is 4.31 Å². The summed E-state index contributed by atoms with van der Waals surface area (Å²) in [6.45, 7) is 2.80. The summed E-state index contributed by atoms with van der Waals surface area (Å²) in [4.78, 5) is 0.0548. The highest BCUT2D eigenvalue weighted by molar-refractivity contribution is 7.89. The molecule has 2 atom stereocenters. The molecule has 2 N–H and O–H groups in total. The zero-order chi connectivity index (χ0) is 14.9. The van der Waals surface area contributed by atoms with E-state index in [1.165, 1.54) is 16.4 Å². The van der Waals surface area contributed by atoms with Gasteiger partial charge in [-0.1, -0.05) is 30.1 Å². The van der Waals surface area contributed by atoms with Gasteiger partial charge in [-0.05, 0) is 37.0 Å². The zero-order valence-electron chi connectivity index (χ0n) is 11.6. The molecule has 0 spiro atoms. The number of benzene rings is 1. The van der Waals surface area contributed by atoms with Crippen LogP contribution in [-0.2, 0) is 10.0 Å². The van der Waals surface area contributed by atoms with Gasteiger partial charge in [0.25, 0.3) is 0 Å². The first kappa shape index (κ1) is 19.0. The summed E-state index contributed by atoms with van der Waals surface area (Å²) in [5, 5.41) is 0.533. The smallest absolute Gasteiger partial charge is 0.244 e. The van der Waals surface area contributed by atoms with E-state index in [4.69, 9.17) is 28.9 Å². The van der Waals surface area contributed by atoms with Crippen LogP contribution in [0.4, 0.5) is 0 Å². The molecule has 0 saturated carbocycles. The van der Waals surface area contributed by atoms with Crippen molar-refractivity contribution in [3.05, 3.63) is 28.2 Å². The second-order valence-corrected chi connectivity index (χ2v) is 7.82. The zero-order valence-corrected chi connectivity index (χ0v) is 14.8. The first-order valence-electron chi connectivity index (χ1n) is 6.55. The number of piperidine rings is 1. The van der Waals surface area contributed by atoms with E-state index in [2.05, 4.69) is 0 Å². The normalized spacial score (nSPS) is 23.6. The molecule has 1 saturated heterocycles. The van der Waals surface area contributed by atoms with Crippen molar-refractivity contribution in [2.45, 2.75) is 30.7 Å². The van der Waals surface area contributed by atoms with Crippen LogP contribution in [-0.4, -0.2) is 31.9 Å². The highest BCUT2D eigenvalue weighted by Crippen LogP contribution is 2.32. The SMILES string of the molecule is CC1CCCN(S(=O)(=O)c2cc(Cl)ccc2Cl)C1CN.Cl. The minimum atomic E-state index is -3.67. The molecule has 1 aliphatic rings. The van der Waals surface area contributed by atoms with E-state index in [9.17, 15) is 8.42 Å². The van der Waals surface area contributed by atoms with E-state index in [1.54, 1.807) is 6.07 Å². The third-order valence-corrected chi connectivity index (χ3v) is 6.43. The first-order chi connectivity index (χ1) is 9.37. The quantitative estimate of drug-likeness (QED) is 0.885. The molecular weight excluding hydrogens is 355 g/mol. The van der Waals surface area contributed by atoms with E-state index < -0.39 is 10.0 Å². The van der Waals surface area contributed by atoms with Gasteiger partial charge in [0.15, 0.2) is 0 Å². The molecule has 120 valence electrons. The maximum atomic E-state index is 12.8. The predicted molar refractivity (Wildman–Crippen MR) is 88.8 cm³/mol. The fourth-order valence-corrected chi connectivity index (χ4v) is 5.17. The van der Waals surface area contributed by atoms with Crippen molar-refractivity contribution in [1.29, 1.82) is 0 Å². The van der Waals surface area contributed by atoms with Gasteiger partial charge < -0.3 is 5.73 Å². The van der Waals surface area contributed by atoms with Gasteiger partial charge in [-0.3, -0.25) is 0 Å². The van der Waals surface area contributed by atoms with Crippen LogP contribution in [0.1, 0.15) is 19.8 Å². The molecule has 0 bridgehead atoms. The number of halogens is 3. The molecule has 0 radical (unpaired) electrons.